The molecule has 7 nitrogen and oxygen atoms in total. The van der Waals surface area contributed by atoms with E-state index in [1.165, 1.54) is 0 Å². The van der Waals surface area contributed by atoms with Gasteiger partial charge in [-0.25, -0.2) is 0 Å². The molecule has 27 heavy (non-hydrogen) atoms. The molecule has 1 fully saturated rings. The number of carbonyl (C=O) groups excluding carboxylic acids is 2. The monoisotopic (exact) mass is 374 g/mol. The SMILES string of the molecule is O=C(Cc1ccccc1)N[C@H]1C=C[C@H](CC(=O)N2CCOCC2)O[C@@H]1CO. The molecule has 2 aliphatic rings. The average molecular weight is 374 g/mol. The Kier molecular flexibility index (Phi) is 6.98. The van der Waals surface area contributed by atoms with Gasteiger partial charge in [-0.05, 0) is 5.56 Å². The van der Waals surface area contributed by atoms with Gasteiger partial charge in [-0.3, -0.25) is 9.59 Å². The highest BCUT2D eigenvalue weighted by atomic mass is 16.5. The van der Waals surface area contributed by atoms with Gasteiger partial charge in [0.1, 0.15) is 6.10 Å². The number of rotatable bonds is 6. The number of benzene rings is 1. The summed E-state index contributed by atoms with van der Waals surface area (Å²) in [6.07, 6.45) is 3.11. The molecule has 0 radical (unpaired) electrons. The summed E-state index contributed by atoms with van der Waals surface area (Å²) in [6, 6.07) is 9.05. The zero-order chi connectivity index (χ0) is 19.1. The zero-order valence-corrected chi connectivity index (χ0v) is 15.3. The van der Waals surface area contributed by atoms with Crippen molar-refractivity contribution >= 4 is 11.8 Å². The lowest BCUT2D eigenvalue weighted by Crippen LogP contribution is -2.50. The minimum atomic E-state index is -0.572. The highest BCUT2D eigenvalue weighted by Gasteiger charge is 2.30. The maximum absolute atomic E-state index is 12.3. The van der Waals surface area contributed by atoms with Crippen molar-refractivity contribution in [3.63, 3.8) is 0 Å². The number of hydrogen-bond acceptors (Lipinski definition) is 5. The van der Waals surface area contributed by atoms with Crippen molar-refractivity contribution in [1.29, 1.82) is 0 Å². The summed E-state index contributed by atoms with van der Waals surface area (Å²) in [5, 5.41) is 12.5. The summed E-state index contributed by atoms with van der Waals surface area (Å²) >= 11 is 0. The lowest BCUT2D eigenvalue weighted by molar-refractivity contribution is -0.140. The van der Waals surface area contributed by atoms with Crippen LogP contribution in [0, 0.1) is 0 Å². The third kappa shape index (κ3) is 5.63. The van der Waals surface area contributed by atoms with E-state index in [4.69, 9.17) is 9.47 Å². The summed E-state index contributed by atoms with van der Waals surface area (Å²) < 4.78 is 11.1. The molecule has 1 aromatic rings. The molecule has 2 aliphatic heterocycles. The predicted octanol–water partition coefficient (Wildman–Crippen LogP) is 0.279. The molecule has 2 N–H and O–H groups in total. The quantitative estimate of drug-likeness (QED) is 0.699. The van der Waals surface area contributed by atoms with Crippen LogP contribution in [0.3, 0.4) is 0 Å². The number of nitrogens with one attached hydrogen (secondary N) is 1. The van der Waals surface area contributed by atoms with Gasteiger partial charge in [0, 0.05) is 13.1 Å². The normalized spacial score (nSPS) is 25.2. The van der Waals surface area contributed by atoms with E-state index >= 15 is 0 Å². The van der Waals surface area contributed by atoms with Crippen LogP contribution in [-0.4, -0.2) is 73.0 Å². The Morgan fingerprint density at radius 1 is 1.15 bits per heavy atom. The van der Waals surface area contributed by atoms with Gasteiger partial charge >= 0.3 is 0 Å². The van der Waals surface area contributed by atoms with Gasteiger partial charge in [0.25, 0.3) is 0 Å². The maximum Gasteiger partial charge on any atom is 0.225 e. The smallest absolute Gasteiger partial charge is 0.225 e. The van der Waals surface area contributed by atoms with E-state index in [9.17, 15) is 14.7 Å². The molecule has 3 rings (SSSR count). The number of aliphatic hydroxyl groups is 1. The third-order valence-electron chi connectivity index (χ3n) is 4.74. The van der Waals surface area contributed by atoms with Gasteiger partial charge < -0.3 is 24.8 Å². The first-order chi connectivity index (χ1) is 13.2. The van der Waals surface area contributed by atoms with Gasteiger partial charge in [0.05, 0.1) is 44.8 Å². The second-order valence-corrected chi connectivity index (χ2v) is 6.73. The predicted molar refractivity (Wildman–Crippen MR) is 99.0 cm³/mol. The van der Waals surface area contributed by atoms with Gasteiger partial charge in [0.2, 0.25) is 11.8 Å². The average Bonchev–Trinajstić information content (AvgIpc) is 2.70. The van der Waals surface area contributed by atoms with Crippen molar-refractivity contribution in [2.24, 2.45) is 0 Å². The summed E-state index contributed by atoms with van der Waals surface area (Å²) in [5.41, 5.74) is 0.922. The maximum atomic E-state index is 12.3. The van der Waals surface area contributed by atoms with Crippen molar-refractivity contribution in [2.45, 2.75) is 31.1 Å². The van der Waals surface area contributed by atoms with E-state index in [0.29, 0.717) is 26.3 Å². The highest BCUT2D eigenvalue weighted by molar-refractivity contribution is 5.79. The molecule has 0 bridgehead atoms. The summed E-state index contributed by atoms with van der Waals surface area (Å²) in [6.45, 7) is 2.07. The second kappa shape index (κ2) is 9.64. The van der Waals surface area contributed by atoms with Crippen molar-refractivity contribution in [3.8, 4) is 0 Å². The Hall–Kier alpha value is -2.22. The summed E-state index contributed by atoms with van der Waals surface area (Å²) in [4.78, 5) is 26.4. The first-order valence-corrected chi connectivity index (χ1v) is 9.29. The molecule has 2 heterocycles. The van der Waals surface area contributed by atoms with E-state index in [1.54, 1.807) is 11.0 Å². The van der Waals surface area contributed by atoms with E-state index < -0.39 is 18.2 Å². The Balaban J connectivity index is 1.52. The van der Waals surface area contributed by atoms with Crippen molar-refractivity contribution < 1.29 is 24.2 Å². The lowest BCUT2D eigenvalue weighted by atomic mass is 10.0. The lowest BCUT2D eigenvalue weighted by Gasteiger charge is -2.33. The number of morpholine rings is 1. The Morgan fingerprint density at radius 2 is 1.89 bits per heavy atom. The van der Waals surface area contributed by atoms with Crippen LogP contribution in [-0.2, 0) is 25.5 Å². The molecule has 7 heteroatoms. The van der Waals surface area contributed by atoms with Crippen LogP contribution < -0.4 is 5.32 Å². The van der Waals surface area contributed by atoms with E-state index in [0.717, 1.165) is 5.56 Å². The minimum absolute atomic E-state index is 0.0104. The molecule has 2 amide bonds. The standard InChI is InChI=1S/C20H26N2O5/c23-14-18-17(21-19(24)12-15-4-2-1-3-5-15)7-6-16(27-18)13-20(25)22-8-10-26-11-9-22/h1-7,16-18,23H,8-14H2,(H,21,24)/t16-,17+,18-/m1/s1. The number of amides is 2. The molecular weight excluding hydrogens is 348 g/mol. The van der Waals surface area contributed by atoms with Crippen LogP contribution in [0.2, 0.25) is 0 Å². The first-order valence-electron chi connectivity index (χ1n) is 9.29. The Labute approximate surface area is 158 Å². The molecule has 0 saturated carbocycles. The number of carbonyl (C=O) groups is 2. The molecule has 0 spiro atoms. The van der Waals surface area contributed by atoms with Crippen molar-refractivity contribution in [1.82, 2.24) is 10.2 Å². The van der Waals surface area contributed by atoms with Gasteiger partial charge in [0.15, 0.2) is 0 Å². The summed E-state index contributed by atoms with van der Waals surface area (Å²) in [5.74, 6) is -0.128. The van der Waals surface area contributed by atoms with Gasteiger partial charge in [-0.2, -0.15) is 0 Å². The van der Waals surface area contributed by atoms with Gasteiger partial charge in [-0.15, -0.1) is 0 Å². The van der Waals surface area contributed by atoms with E-state index in [-0.39, 0.29) is 31.3 Å². The molecule has 146 valence electrons. The fourth-order valence-electron chi connectivity index (χ4n) is 3.27. The molecule has 1 aromatic carbocycles. The number of hydrogen-bond donors (Lipinski definition) is 2. The van der Waals surface area contributed by atoms with E-state index in [2.05, 4.69) is 5.32 Å². The van der Waals surface area contributed by atoms with Crippen LogP contribution in [0.4, 0.5) is 0 Å². The Morgan fingerprint density at radius 3 is 2.59 bits per heavy atom. The molecule has 0 unspecified atom stereocenters. The fraction of sp³-hybridized carbons (Fsp3) is 0.500. The molecule has 0 aliphatic carbocycles. The van der Waals surface area contributed by atoms with Crippen LogP contribution in [0.5, 0.6) is 0 Å². The Bertz CT molecular complexity index is 658. The first kappa shape index (κ1) is 19.5. The molecule has 1 saturated heterocycles. The van der Waals surface area contributed by atoms with Crippen LogP contribution >= 0.6 is 0 Å². The molecule has 0 aromatic heterocycles. The fourth-order valence-corrected chi connectivity index (χ4v) is 3.27. The highest BCUT2D eigenvalue weighted by Crippen LogP contribution is 2.17. The molecule has 3 atom stereocenters. The van der Waals surface area contributed by atoms with Gasteiger partial charge in [-0.1, -0.05) is 42.5 Å². The van der Waals surface area contributed by atoms with Crippen LogP contribution in [0.15, 0.2) is 42.5 Å². The topological polar surface area (TPSA) is 88.1 Å². The minimum Gasteiger partial charge on any atom is -0.394 e. The summed E-state index contributed by atoms with van der Waals surface area (Å²) in [7, 11) is 0. The van der Waals surface area contributed by atoms with Crippen LogP contribution in [0.1, 0.15) is 12.0 Å². The number of nitrogens with zero attached hydrogens (tertiary/aromatic N) is 1. The molecular formula is C20H26N2O5. The van der Waals surface area contributed by atoms with Crippen molar-refractivity contribution in [3.05, 3.63) is 48.0 Å². The largest absolute Gasteiger partial charge is 0.394 e. The van der Waals surface area contributed by atoms with Crippen LogP contribution in [0.25, 0.3) is 0 Å². The number of aliphatic hydroxyl groups excluding tert-OH is 1. The van der Waals surface area contributed by atoms with E-state index in [1.807, 2.05) is 36.4 Å². The van der Waals surface area contributed by atoms with Crippen molar-refractivity contribution in [2.75, 3.05) is 32.9 Å². The second-order valence-electron chi connectivity index (χ2n) is 6.73. The zero-order valence-electron chi connectivity index (χ0n) is 15.3. The third-order valence-corrected chi connectivity index (χ3v) is 4.74. The number of ether oxygens (including phenoxy) is 2.